The maximum Gasteiger partial charge on any atom is 0.328 e. The molecule has 5 nitrogen and oxygen atoms in total. The van der Waals surface area contributed by atoms with Crippen LogP contribution in [0.1, 0.15) is 13.8 Å². The van der Waals surface area contributed by atoms with E-state index in [1.807, 2.05) is 0 Å². The van der Waals surface area contributed by atoms with E-state index in [4.69, 9.17) is 4.74 Å². The van der Waals surface area contributed by atoms with Crippen LogP contribution in [0.3, 0.4) is 0 Å². The third-order valence-corrected chi connectivity index (χ3v) is 1.55. The van der Waals surface area contributed by atoms with E-state index >= 15 is 0 Å². The minimum absolute atomic E-state index is 0.306. The first-order chi connectivity index (χ1) is 6.74. The second-order valence-corrected chi connectivity index (χ2v) is 2.69. The number of ether oxygens (including phenoxy) is 1. The van der Waals surface area contributed by atoms with Crippen LogP contribution < -0.4 is 5.32 Å². The average Bonchev–Trinajstić information content (AvgIpc) is 2.19. The van der Waals surface area contributed by atoms with Crippen molar-refractivity contribution in [3.05, 3.63) is 18.5 Å². The predicted octanol–water partition coefficient (Wildman–Crippen LogP) is 0.840. The molecule has 1 rings (SSSR count). The van der Waals surface area contributed by atoms with E-state index in [9.17, 15) is 4.79 Å². The molecule has 0 amide bonds. The lowest BCUT2D eigenvalue weighted by Gasteiger charge is -2.11. The Morgan fingerprint density at radius 1 is 1.57 bits per heavy atom. The second kappa shape index (κ2) is 5.16. The van der Waals surface area contributed by atoms with Gasteiger partial charge in [0, 0.05) is 12.4 Å². The Labute approximate surface area is 82.5 Å². The van der Waals surface area contributed by atoms with Gasteiger partial charge in [-0.15, -0.1) is 0 Å². The highest BCUT2D eigenvalue weighted by Crippen LogP contribution is 1.99. The molecule has 0 saturated heterocycles. The monoisotopic (exact) mass is 195 g/mol. The Kier molecular flexibility index (Phi) is 3.84. The largest absolute Gasteiger partial charge is 0.464 e. The number of esters is 1. The summed E-state index contributed by atoms with van der Waals surface area (Å²) in [5.41, 5.74) is 0. The van der Waals surface area contributed by atoms with Crippen molar-refractivity contribution in [2.45, 2.75) is 19.9 Å². The number of hydrogen-bond donors (Lipinski definition) is 1. The summed E-state index contributed by atoms with van der Waals surface area (Å²) in [6, 6.07) is 1.28. The number of nitrogens with one attached hydrogen (secondary N) is 1. The van der Waals surface area contributed by atoms with Gasteiger partial charge in [-0.2, -0.15) is 0 Å². The number of aromatic nitrogens is 2. The Morgan fingerprint density at radius 2 is 2.21 bits per heavy atom. The smallest absolute Gasteiger partial charge is 0.328 e. The van der Waals surface area contributed by atoms with Gasteiger partial charge in [-0.25, -0.2) is 14.8 Å². The van der Waals surface area contributed by atoms with Gasteiger partial charge in [0.1, 0.15) is 6.04 Å². The van der Waals surface area contributed by atoms with E-state index in [-0.39, 0.29) is 5.97 Å². The highest BCUT2D eigenvalue weighted by Gasteiger charge is 2.13. The standard InChI is InChI=1S/C9H13N3O2/c1-3-14-8(13)7(2)12-9-10-5-4-6-11-9/h4-7H,3H2,1-2H3,(H,10,11,12). The molecule has 1 aromatic heterocycles. The van der Waals surface area contributed by atoms with Crippen molar-refractivity contribution in [2.24, 2.45) is 0 Å². The van der Waals surface area contributed by atoms with Gasteiger partial charge in [-0.05, 0) is 19.9 Å². The van der Waals surface area contributed by atoms with Crippen LogP contribution in [0.15, 0.2) is 18.5 Å². The van der Waals surface area contributed by atoms with Crippen LogP contribution in [-0.4, -0.2) is 28.6 Å². The van der Waals surface area contributed by atoms with Gasteiger partial charge in [-0.3, -0.25) is 0 Å². The average molecular weight is 195 g/mol. The van der Waals surface area contributed by atoms with Gasteiger partial charge >= 0.3 is 5.97 Å². The van der Waals surface area contributed by atoms with Crippen LogP contribution in [0.5, 0.6) is 0 Å². The maximum absolute atomic E-state index is 11.2. The second-order valence-electron chi connectivity index (χ2n) is 2.69. The van der Waals surface area contributed by atoms with Gasteiger partial charge < -0.3 is 10.1 Å². The first-order valence-corrected chi connectivity index (χ1v) is 4.44. The van der Waals surface area contributed by atoms with Crippen molar-refractivity contribution >= 4 is 11.9 Å². The highest BCUT2D eigenvalue weighted by molar-refractivity contribution is 5.77. The van der Waals surface area contributed by atoms with Crippen molar-refractivity contribution < 1.29 is 9.53 Å². The van der Waals surface area contributed by atoms with Crippen LogP contribution in [0.25, 0.3) is 0 Å². The summed E-state index contributed by atoms with van der Waals surface area (Å²) in [4.78, 5) is 19.1. The molecule has 5 heteroatoms. The Morgan fingerprint density at radius 3 is 2.79 bits per heavy atom. The Balaban J connectivity index is 2.49. The SMILES string of the molecule is CCOC(=O)C(C)Nc1ncccn1. The molecule has 76 valence electrons. The molecule has 0 aromatic carbocycles. The molecule has 1 atom stereocenters. The minimum atomic E-state index is -0.433. The highest BCUT2D eigenvalue weighted by atomic mass is 16.5. The van der Waals surface area contributed by atoms with Crippen LogP contribution >= 0.6 is 0 Å². The molecule has 0 fully saturated rings. The molecular formula is C9H13N3O2. The molecule has 1 N–H and O–H groups in total. The lowest BCUT2D eigenvalue weighted by Crippen LogP contribution is -2.28. The van der Waals surface area contributed by atoms with Crippen molar-refractivity contribution in [3.63, 3.8) is 0 Å². The molecule has 1 heterocycles. The molecule has 0 aliphatic carbocycles. The van der Waals surface area contributed by atoms with Crippen LogP contribution in [0.2, 0.25) is 0 Å². The number of rotatable bonds is 4. The number of carbonyl (C=O) groups is 1. The predicted molar refractivity (Wildman–Crippen MR) is 51.7 cm³/mol. The van der Waals surface area contributed by atoms with Crippen LogP contribution in [0.4, 0.5) is 5.95 Å². The quantitative estimate of drug-likeness (QED) is 0.721. The molecule has 1 unspecified atom stereocenters. The zero-order valence-corrected chi connectivity index (χ0v) is 8.23. The zero-order chi connectivity index (χ0) is 10.4. The fraction of sp³-hybridized carbons (Fsp3) is 0.444. The van der Waals surface area contributed by atoms with Crippen molar-refractivity contribution in [2.75, 3.05) is 11.9 Å². The fourth-order valence-corrected chi connectivity index (χ4v) is 0.893. The van der Waals surface area contributed by atoms with Crippen molar-refractivity contribution in [1.29, 1.82) is 0 Å². The third kappa shape index (κ3) is 3.01. The molecule has 0 aliphatic rings. The van der Waals surface area contributed by atoms with E-state index < -0.39 is 6.04 Å². The number of nitrogens with zero attached hydrogens (tertiary/aromatic N) is 2. The summed E-state index contributed by atoms with van der Waals surface area (Å²) in [5.74, 6) is 0.119. The molecule has 0 spiro atoms. The normalized spacial score (nSPS) is 11.9. The maximum atomic E-state index is 11.2. The van der Waals surface area contributed by atoms with E-state index in [1.165, 1.54) is 0 Å². The minimum Gasteiger partial charge on any atom is -0.464 e. The summed E-state index contributed by atoms with van der Waals surface area (Å²) in [6.07, 6.45) is 3.21. The zero-order valence-electron chi connectivity index (χ0n) is 8.23. The van der Waals surface area contributed by atoms with E-state index in [1.54, 1.807) is 32.3 Å². The van der Waals surface area contributed by atoms with Crippen LogP contribution in [0, 0.1) is 0 Å². The lowest BCUT2D eigenvalue weighted by atomic mass is 10.3. The third-order valence-electron chi connectivity index (χ3n) is 1.55. The molecular weight excluding hydrogens is 182 g/mol. The van der Waals surface area contributed by atoms with Crippen molar-refractivity contribution in [1.82, 2.24) is 9.97 Å². The molecule has 0 bridgehead atoms. The summed E-state index contributed by atoms with van der Waals surface area (Å²) < 4.78 is 4.82. The van der Waals surface area contributed by atoms with E-state index in [0.29, 0.717) is 12.6 Å². The Hall–Kier alpha value is -1.65. The number of carbonyl (C=O) groups excluding carboxylic acids is 1. The summed E-state index contributed by atoms with van der Waals surface area (Å²) >= 11 is 0. The summed E-state index contributed by atoms with van der Waals surface area (Å²) in [6.45, 7) is 3.85. The molecule has 14 heavy (non-hydrogen) atoms. The summed E-state index contributed by atoms with van der Waals surface area (Å²) in [5, 5.41) is 2.83. The number of anilines is 1. The molecule has 1 aromatic rings. The van der Waals surface area contributed by atoms with E-state index in [0.717, 1.165) is 0 Å². The molecule has 0 radical (unpaired) electrons. The first kappa shape index (κ1) is 10.4. The van der Waals surface area contributed by atoms with E-state index in [2.05, 4.69) is 15.3 Å². The topological polar surface area (TPSA) is 64.1 Å². The molecule has 0 saturated carbocycles. The van der Waals surface area contributed by atoms with Gasteiger partial charge in [0.2, 0.25) is 5.95 Å². The van der Waals surface area contributed by atoms with Crippen molar-refractivity contribution in [3.8, 4) is 0 Å². The number of hydrogen-bond acceptors (Lipinski definition) is 5. The van der Waals surface area contributed by atoms with Gasteiger partial charge in [-0.1, -0.05) is 0 Å². The van der Waals surface area contributed by atoms with Gasteiger partial charge in [0.25, 0.3) is 0 Å². The summed E-state index contributed by atoms with van der Waals surface area (Å²) in [7, 11) is 0. The first-order valence-electron chi connectivity index (χ1n) is 4.44. The lowest BCUT2D eigenvalue weighted by molar-refractivity contribution is -0.143. The van der Waals surface area contributed by atoms with Gasteiger partial charge in [0.15, 0.2) is 0 Å². The fourth-order valence-electron chi connectivity index (χ4n) is 0.893. The molecule has 0 aliphatic heterocycles. The van der Waals surface area contributed by atoms with Gasteiger partial charge in [0.05, 0.1) is 6.61 Å². The van der Waals surface area contributed by atoms with Crippen LogP contribution in [-0.2, 0) is 9.53 Å². The Bertz CT molecular complexity index is 289.